The van der Waals surface area contributed by atoms with Crippen molar-refractivity contribution in [2.75, 3.05) is 28.8 Å². The van der Waals surface area contributed by atoms with Crippen molar-refractivity contribution in [3.8, 4) is 0 Å². The molecule has 2 aliphatic rings. The van der Waals surface area contributed by atoms with Crippen LogP contribution in [0.25, 0.3) is 0 Å². The summed E-state index contributed by atoms with van der Waals surface area (Å²) in [6.45, 7) is 5.59. The van der Waals surface area contributed by atoms with E-state index in [9.17, 15) is 0 Å². The van der Waals surface area contributed by atoms with Crippen molar-refractivity contribution in [2.45, 2.75) is 30.3 Å². The smallest absolute Gasteiger partial charge is 0.123 e. The highest BCUT2D eigenvalue weighted by Gasteiger charge is 2.32. The molecule has 0 aromatic heterocycles. The summed E-state index contributed by atoms with van der Waals surface area (Å²) in [5, 5.41) is 10.7. The van der Waals surface area contributed by atoms with E-state index in [1.54, 1.807) is 11.8 Å². The standard InChI is InChI=1S/C18H21N3S/c1-18(2)10-19-14-9-16-15(8-13(14)18)20-17(21-16)11-4-6-12(22-3)7-5-11/h4-9,17,19-21H,10H2,1-3H3. The Kier molecular flexibility index (Phi) is 3.05. The van der Waals surface area contributed by atoms with Crippen molar-refractivity contribution in [2.24, 2.45) is 0 Å². The molecule has 0 saturated heterocycles. The summed E-state index contributed by atoms with van der Waals surface area (Å²) in [5.41, 5.74) is 6.51. The molecule has 4 heteroatoms. The fraction of sp³-hybridized carbons (Fsp3) is 0.333. The number of fused-ring (bicyclic) bond motifs is 2. The van der Waals surface area contributed by atoms with Gasteiger partial charge in [-0.3, -0.25) is 0 Å². The van der Waals surface area contributed by atoms with Gasteiger partial charge >= 0.3 is 0 Å². The van der Waals surface area contributed by atoms with Crippen LogP contribution in [-0.2, 0) is 5.41 Å². The van der Waals surface area contributed by atoms with E-state index in [4.69, 9.17) is 0 Å². The maximum atomic E-state index is 3.61. The fourth-order valence-electron chi connectivity index (χ4n) is 3.27. The molecule has 4 rings (SSSR count). The molecule has 2 aromatic carbocycles. The summed E-state index contributed by atoms with van der Waals surface area (Å²) in [6.07, 6.45) is 2.25. The van der Waals surface area contributed by atoms with Gasteiger partial charge in [0.05, 0.1) is 11.4 Å². The van der Waals surface area contributed by atoms with Gasteiger partial charge in [0.25, 0.3) is 0 Å². The van der Waals surface area contributed by atoms with E-state index in [2.05, 4.69) is 72.5 Å². The maximum absolute atomic E-state index is 3.61. The molecule has 3 N–H and O–H groups in total. The van der Waals surface area contributed by atoms with Crippen LogP contribution in [0.5, 0.6) is 0 Å². The zero-order valence-electron chi connectivity index (χ0n) is 13.2. The molecule has 0 aliphatic carbocycles. The molecule has 114 valence electrons. The van der Waals surface area contributed by atoms with E-state index in [1.165, 1.54) is 33.1 Å². The average molecular weight is 311 g/mol. The van der Waals surface area contributed by atoms with Crippen LogP contribution >= 0.6 is 11.8 Å². The van der Waals surface area contributed by atoms with Gasteiger partial charge < -0.3 is 16.0 Å². The lowest BCUT2D eigenvalue weighted by molar-refractivity contribution is 0.586. The fourth-order valence-corrected chi connectivity index (χ4v) is 3.67. The van der Waals surface area contributed by atoms with E-state index < -0.39 is 0 Å². The Morgan fingerprint density at radius 3 is 2.36 bits per heavy atom. The Morgan fingerprint density at radius 1 is 1.00 bits per heavy atom. The molecule has 0 saturated carbocycles. The zero-order valence-corrected chi connectivity index (χ0v) is 14.0. The third kappa shape index (κ3) is 2.13. The monoisotopic (exact) mass is 311 g/mol. The van der Waals surface area contributed by atoms with Gasteiger partial charge in [0, 0.05) is 22.5 Å². The first-order chi connectivity index (χ1) is 10.6. The number of hydrogen-bond donors (Lipinski definition) is 3. The molecular weight excluding hydrogens is 290 g/mol. The highest BCUT2D eigenvalue weighted by molar-refractivity contribution is 7.98. The molecule has 0 fully saturated rings. The van der Waals surface area contributed by atoms with Gasteiger partial charge in [-0.05, 0) is 41.6 Å². The van der Waals surface area contributed by atoms with Crippen molar-refractivity contribution >= 4 is 28.8 Å². The molecule has 1 atom stereocenters. The topological polar surface area (TPSA) is 36.1 Å². The largest absolute Gasteiger partial charge is 0.384 e. The van der Waals surface area contributed by atoms with Crippen molar-refractivity contribution in [3.05, 3.63) is 47.5 Å². The van der Waals surface area contributed by atoms with Crippen LogP contribution in [0.2, 0.25) is 0 Å². The lowest BCUT2D eigenvalue weighted by Crippen LogP contribution is -2.19. The molecule has 2 aromatic rings. The minimum Gasteiger partial charge on any atom is -0.384 e. The second-order valence-corrected chi connectivity index (χ2v) is 7.56. The van der Waals surface area contributed by atoms with Crippen LogP contribution in [0.1, 0.15) is 31.1 Å². The van der Waals surface area contributed by atoms with Gasteiger partial charge in [0.1, 0.15) is 6.17 Å². The van der Waals surface area contributed by atoms with Gasteiger partial charge in [0.2, 0.25) is 0 Å². The quantitative estimate of drug-likeness (QED) is 0.706. The van der Waals surface area contributed by atoms with Crippen LogP contribution in [0.15, 0.2) is 41.3 Å². The number of rotatable bonds is 2. The van der Waals surface area contributed by atoms with E-state index >= 15 is 0 Å². The second kappa shape index (κ2) is 4.85. The Morgan fingerprint density at radius 2 is 1.68 bits per heavy atom. The summed E-state index contributed by atoms with van der Waals surface area (Å²) in [4.78, 5) is 1.30. The predicted molar refractivity (Wildman–Crippen MR) is 96.2 cm³/mol. The minimum atomic E-state index is 0.150. The number of benzene rings is 2. The maximum Gasteiger partial charge on any atom is 0.123 e. The molecule has 2 heterocycles. The molecule has 22 heavy (non-hydrogen) atoms. The van der Waals surface area contributed by atoms with Crippen molar-refractivity contribution < 1.29 is 0 Å². The third-order valence-corrected chi connectivity index (χ3v) is 5.40. The first-order valence-electron chi connectivity index (χ1n) is 7.66. The van der Waals surface area contributed by atoms with Crippen molar-refractivity contribution in [1.82, 2.24) is 0 Å². The summed E-state index contributed by atoms with van der Waals surface area (Å²) in [7, 11) is 0. The second-order valence-electron chi connectivity index (χ2n) is 6.68. The number of anilines is 3. The van der Waals surface area contributed by atoms with E-state index in [0.29, 0.717) is 0 Å². The molecule has 0 spiro atoms. The number of hydrogen-bond acceptors (Lipinski definition) is 4. The van der Waals surface area contributed by atoms with Gasteiger partial charge in [-0.1, -0.05) is 26.0 Å². The average Bonchev–Trinajstić information content (AvgIpc) is 3.06. The Hall–Kier alpha value is -1.81. The van der Waals surface area contributed by atoms with E-state index in [-0.39, 0.29) is 11.6 Å². The molecule has 0 bridgehead atoms. The predicted octanol–water partition coefficient (Wildman–Crippen LogP) is 4.65. The van der Waals surface area contributed by atoms with Crippen LogP contribution in [0, 0.1) is 0 Å². The highest BCUT2D eigenvalue weighted by atomic mass is 32.2. The summed E-state index contributed by atoms with van der Waals surface area (Å²) in [5.74, 6) is 0. The van der Waals surface area contributed by atoms with E-state index in [0.717, 1.165) is 6.54 Å². The van der Waals surface area contributed by atoms with Crippen LogP contribution in [0.4, 0.5) is 17.1 Å². The van der Waals surface area contributed by atoms with E-state index in [1.807, 2.05) is 0 Å². The number of thioether (sulfide) groups is 1. The molecule has 2 aliphatic heterocycles. The Balaban J connectivity index is 1.63. The lowest BCUT2D eigenvalue weighted by atomic mass is 9.86. The van der Waals surface area contributed by atoms with Crippen LogP contribution in [0.3, 0.4) is 0 Å². The van der Waals surface area contributed by atoms with Crippen LogP contribution in [-0.4, -0.2) is 12.8 Å². The van der Waals surface area contributed by atoms with Crippen molar-refractivity contribution in [1.29, 1.82) is 0 Å². The van der Waals surface area contributed by atoms with Gasteiger partial charge in [0.15, 0.2) is 0 Å². The Labute approximate surface area is 135 Å². The lowest BCUT2D eigenvalue weighted by Gasteiger charge is -2.17. The zero-order chi connectivity index (χ0) is 15.3. The molecule has 3 nitrogen and oxygen atoms in total. The molecule has 0 amide bonds. The molecule has 1 unspecified atom stereocenters. The molecular formula is C18H21N3S. The van der Waals surface area contributed by atoms with Gasteiger partial charge in [-0.2, -0.15) is 0 Å². The van der Waals surface area contributed by atoms with Crippen molar-refractivity contribution in [3.63, 3.8) is 0 Å². The normalized spacial score (nSPS) is 20.6. The number of nitrogens with one attached hydrogen (secondary N) is 3. The first-order valence-corrected chi connectivity index (χ1v) is 8.89. The third-order valence-electron chi connectivity index (χ3n) is 4.66. The van der Waals surface area contributed by atoms with Crippen LogP contribution < -0.4 is 16.0 Å². The Bertz CT molecular complexity index is 722. The van der Waals surface area contributed by atoms with Gasteiger partial charge in [-0.25, -0.2) is 0 Å². The summed E-state index contributed by atoms with van der Waals surface area (Å²) >= 11 is 1.77. The first kappa shape index (κ1) is 13.8. The minimum absolute atomic E-state index is 0.150. The summed E-state index contributed by atoms with van der Waals surface area (Å²) in [6, 6.07) is 13.3. The summed E-state index contributed by atoms with van der Waals surface area (Å²) < 4.78 is 0. The SMILES string of the molecule is CSc1ccc(C2Nc3cc4c(cc3N2)C(C)(C)CN4)cc1. The van der Waals surface area contributed by atoms with Gasteiger partial charge in [-0.15, -0.1) is 11.8 Å². The molecule has 0 radical (unpaired) electrons. The highest BCUT2D eigenvalue weighted by Crippen LogP contribution is 2.45.